The van der Waals surface area contributed by atoms with Gasteiger partial charge in [-0.1, -0.05) is 0 Å². The van der Waals surface area contributed by atoms with Crippen molar-refractivity contribution in [2.24, 2.45) is 0 Å². The number of carbonyl (C=O) groups excluding carboxylic acids is 2. The summed E-state index contributed by atoms with van der Waals surface area (Å²) in [6.07, 6.45) is 2.23. The molecule has 0 aromatic heterocycles. The first-order valence-electron chi connectivity index (χ1n) is 6.00. The molecule has 0 aliphatic carbocycles. The van der Waals surface area contributed by atoms with Crippen molar-refractivity contribution in [1.82, 2.24) is 16.0 Å². The average Bonchev–Trinajstić information content (AvgIpc) is 2.82. The molecule has 1 heterocycles. The Labute approximate surface area is 101 Å². The van der Waals surface area contributed by atoms with Crippen LogP contribution in [0.3, 0.4) is 0 Å². The molecule has 0 aromatic carbocycles. The third-order valence-corrected chi connectivity index (χ3v) is 2.66. The molecule has 1 aliphatic heterocycles. The Kier molecular flexibility index (Phi) is 6.57. The van der Waals surface area contributed by atoms with Gasteiger partial charge in [-0.25, -0.2) is 0 Å². The van der Waals surface area contributed by atoms with E-state index in [9.17, 15) is 9.59 Å². The molecule has 2 amide bonds. The molecule has 0 unspecified atom stereocenters. The van der Waals surface area contributed by atoms with Crippen LogP contribution in [-0.4, -0.2) is 51.2 Å². The van der Waals surface area contributed by atoms with Gasteiger partial charge in [-0.2, -0.15) is 0 Å². The number of carbonyl (C=O) groups is 2. The maximum absolute atomic E-state index is 11.6. The summed E-state index contributed by atoms with van der Waals surface area (Å²) in [7, 11) is 1.58. The smallest absolute Gasteiger partial charge is 0.237 e. The van der Waals surface area contributed by atoms with E-state index in [-0.39, 0.29) is 17.9 Å². The first kappa shape index (κ1) is 13.9. The van der Waals surface area contributed by atoms with Crippen molar-refractivity contribution in [3.63, 3.8) is 0 Å². The standard InChI is InChI=1S/C11H21N3O3/c1-17-8-7-13-10(15)4-6-14-11(16)9-3-2-5-12-9/h9,12H,2-8H2,1H3,(H,13,15)(H,14,16)/t9-/m0/s1. The monoisotopic (exact) mass is 243 g/mol. The van der Waals surface area contributed by atoms with Gasteiger partial charge in [-0.15, -0.1) is 0 Å². The lowest BCUT2D eigenvalue weighted by Crippen LogP contribution is -2.41. The van der Waals surface area contributed by atoms with Gasteiger partial charge >= 0.3 is 0 Å². The maximum atomic E-state index is 11.6. The van der Waals surface area contributed by atoms with Crippen LogP contribution in [0.25, 0.3) is 0 Å². The summed E-state index contributed by atoms with van der Waals surface area (Å²) in [6.45, 7) is 2.29. The zero-order valence-corrected chi connectivity index (χ0v) is 10.3. The van der Waals surface area contributed by atoms with Crippen LogP contribution in [0.2, 0.25) is 0 Å². The molecule has 0 bridgehead atoms. The number of nitrogens with one attached hydrogen (secondary N) is 3. The summed E-state index contributed by atoms with van der Waals surface area (Å²) < 4.78 is 4.81. The minimum absolute atomic E-state index is 0.00723. The van der Waals surface area contributed by atoms with Crippen LogP contribution in [0.4, 0.5) is 0 Å². The SMILES string of the molecule is COCCNC(=O)CCNC(=O)[C@@H]1CCCN1. The molecule has 1 saturated heterocycles. The molecule has 1 aliphatic rings. The third kappa shape index (κ3) is 5.65. The van der Waals surface area contributed by atoms with Crippen LogP contribution in [0.5, 0.6) is 0 Å². The molecular weight excluding hydrogens is 222 g/mol. The molecule has 17 heavy (non-hydrogen) atoms. The zero-order valence-electron chi connectivity index (χ0n) is 10.3. The van der Waals surface area contributed by atoms with Gasteiger partial charge in [0, 0.05) is 26.6 Å². The summed E-state index contributed by atoms with van der Waals surface area (Å²) in [5.41, 5.74) is 0. The van der Waals surface area contributed by atoms with Crippen LogP contribution >= 0.6 is 0 Å². The first-order valence-corrected chi connectivity index (χ1v) is 6.00. The van der Waals surface area contributed by atoms with Crippen LogP contribution < -0.4 is 16.0 Å². The van der Waals surface area contributed by atoms with E-state index in [0.29, 0.717) is 26.1 Å². The molecule has 98 valence electrons. The Bertz CT molecular complexity index is 252. The second kappa shape index (κ2) is 8.03. The van der Waals surface area contributed by atoms with Crippen molar-refractivity contribution in [3.8, 4) is 0 Å². The summed E-state index contributed by atoms with van der Waals surface area (Å²) in [6, 6.07) is -0.0773. The second-order valence-electron chi connectivity index (χ2n) is 4.03. The van der Waals surface area contributed by atoms with Crippen LogP contribution in [0, 0.1) is 0 Å². The van der Waals surface area contributed by atoms with Crippen molar-refractivity contribution in [3.05, 3.63) is 0 Å². The lowest BCUT2D eigenvalue weighted by Gasteiger charge is -2.10. The molecule has 0 spiro atoms. The topological polar surface area (TPSA) is 79.5 Å². The van der Waals surface area contributed by atoms with E-state index in [1.807, 2.05) is 0 Å². The Morgan fingerprint density at radius 1 is 1.35 bits per heavy atom. The molecule has 3 N–H and O–H groups in total. The fourth-order valence-corrected chi connectivity index (χ4v) is 1.71. The highest BCUT2D eigenvalue weighted by Crippen LogP contribution is 2.04. The Morgan fingerprint density at radius 2 is 2.18 bits per heavy atom. The molecule has 0 saturated carbocycles. The highest BCUT2D eigenvalue weighted by Gasteiger charge is 2.21. The number of rotatable bonds is 7. The largest absolute Gasteiger partial charge is 0.383 e. The molecule has 1 rings (SSSR count). The van der Waals surface area contributed by atoms with Crippen molar-refractivity contribution in [2.45, 2.75) is 25.3 Å². The van der Waals surface area contributed by atoms with E-state index in [4.69, 9.17) is 4.74 Å². The number of amides is 2. The van der Waals surface area contributed by atoms with Gasteiger partial charge in [0.05, 0.1) is 12.6 Å². The second-order valence-corrected chi connectivity index (χ2v) is 4.03. The minimum atomic E-state index is -0.0773. The van der Waals surface area contributed by atoms with E-state index in [2.05, 4.69) is 16.0 Å². The van der Waals surface area contributed by atoms with E-state index >= 15 is 0 Å². The Hall–Kier alpha value is -1.14. The van der Waals surface area contributed by atoms with E-state index < -0.39 is 0 Å². The number of methoxy groups -OCH3 is 1. The van der Waals surface area contributed by atoms with Crippen LogP contribution in [-0.2, 0) is 14.3 Å². The fourth-order valence-electron chi connectivity index (χ4n) is 1.71. The fraction of sp³-hybridized carbons (Fsp3) is 0.818. The van der Waals surface area contributed by atoms with Gasteiger partial charge in [-0.05, 0) is 19.4 Å². The Balaban J connectivity index is 2.02. The molecule has 6 heteroatoms. The predicted octanol–water partition coefficient (Wildman–Crippen LogP) is -0.993. The van der Waals surface area contributed by atoms with Gasteiger partial charge < -0.3 is 20.7 Å². The Morgan fingerprint density at radius 3 is 2.82 bits per heavy atom. The zero-order chi connectivity index (χ0) is 12.5. The molecule has 1 fully saturated rings. The van der Waals surface area contributed by atoms with E-state index in [1.165, 1.54) is 0 Å². The number of hydrogen-bond acceptors (Lipinski definition) is 4. The van der Waals surface area contributed by atoms with Gasteiger partial charge in [0.15, 0.2) is 0 Å². The molecule has 0 aromatic rings. The minimum Gasteiger partial charge on any atom is -0.383 e. The van der Waals surface area contributed by atoms with Crippen molar-refractivity contribution in [2.75, 3.05) is 33.4 Å². The van der Waals surface area contributed by atoms with E-state index in [1.54, 1.807) is 7.11 Å². The lowest BCUT2D eigenvalue weighted by atomic mass is 10.2. The summed E-state index contributed by atoms with van der Waals surface area (Å²) in [5.74, 6) is -0.0751. The summed E-state index contributed by atoms with van der Waals surface area (Å²) >= 11 is 0. The summed E-state index contributed by atoms with van der Waals surface area (Å²) in [4.78, 5) is 22.8. The molecular formula is C11H21N3O3. The van der Waals surface area contributed by atoms with Gasteiger partial charge in [0.25, 0.3) is 0 Å². The number of ether oxygens (including phenoxy) is 1. The molecule has 0 radical (unpaired) electrons. The van der Waals surface area contributed by atoms with E-state index in [0.717, 1.165) is 19.4 Å². The van der Waals surface area contributed by atoms with Crippen molar-refractivity contribution in [1.29, 1.82) is 0 Å². The molecule has 1 atom stereocenters. The number of hydrogen-bond donors (Lipinski definition) is 3. The van der Waals surface area contributed by atoms with Crippen LogP contribution in [0.1, 0.15) is 19.3 Å². The maximum Gasteiger partial charge on any atom is 0.237 e. The highest BCUT2D eigenvalue weighted by atomic mass is 16.5. The van der Waals surface area contributed by atoms with Crippen molar-refractivity contribution >= 4 is 11.8 Å². The molecule has 6 nitrogen and oxygen atoms in total. The van der Waals surface area contributed by atoms with Gasteiger partial charge in [0.1, 0.15) is 0 Å². The predicted molar refractivity (Wildman–Crippen MR) is 63.5 cm³/mol. The quantitative estimate of drug-likeness (QED) is 0.502. The third-order valence-electron chi connectivity index (χ3n) is 2.66. The average molecular weight is 243 g/mol. The first-order chi connectivity index (χ1) is 8.24. The summed E-state index contributed by atoms with van der Waals surface area (Å²) in [5, 5.41) is 8.56. The van der Waals surface area contributed by atoms with Crippen molar-refractivity contribution < 1.29 is 14.3 Å². The normalized spacial score (nSPS) is 19.0. The van der Waals surface area contributed by atoms with Crippen LogP contribution in [0.15, 0.2) is 0 Å². The highest BCUT2D eigenvalue weighted by molar-refractivity contribution is 5.83. The lowest BCUT2D eigenvalue weighted by molar-refractivity contribution is -0.123. The van der Waals surface area contributed by atoms with Gasteiger partial charge in [-0.3, -0.25) is 9.59 Å². The van der Waals surface area contributed by atoms with Gasteiger partial charge in [0.2, 0.25) is 11.8 Å².